The van der Waals surface area contributed by atoms with Crippen molar-refractivity contribution >= 4 is 0 Å². The first kappa shape index (κ1) is 14.3. The summed E-state index contributed by atoms with van der Waals surface area (Å²) in [6.07, 6.45) is -3.76. The number of para-hydroxylation sites is 1. The minimum Gasteiger partial charge on any atom is -0.289 e. The molecule has 3 aromatic rings. The Labute approximate surface area is 123 Å². The normalized spacial score (nSPS) is 11.6. The van der Waals surface area contributed by atoms with Crippen molar-refractivity contribution in [1.29, 1.82) is 0 Å². The third kappa shape index (κ3) is 2.59. The highest BCUT2D eigenvalue weighted by Crippen LogP contribution is 2.34. The summed E-state index contributed by atoms with van der Waals surface area (Å²) in [6, 6.07) is 13.3. The van der Waals surface area contributed by atoms with Gasteiger partial charge in [-0.25, -0.2) is 9.37 Å². The molecule has 1 aromatic heterocycles. The second kappa shape index (κ2) is 5.29. The van der Waals surface area contributed by atoms with Crippen molar-refractivity contribution in [2.45, 2.75) is 6.18 Å². The molecule has 0 fully saturated rings. The van der Waals surface area contributed by atoms with E-state index in [1.54, 1.807) is 30.3 Å². The number of benzene rings is 2. The summed E-state index contributed by atoms with van der Waals surface area (Å²) in [5.41, 5.74) is -0.134. The number of imidazole rings is 1. The number of alkyl halides is 3. The van der Waals surface area contributed by atoms with Crippen LogP contribution in [0.3, 0.4) is 0 Å². The van der Waals surface area contributed by atoms with Gasteiger partial charge in [0.05, 0.1) is 6.20 Å². The highest BCUT2D eigenvalue weighted by molar-refractivity contribution is 5.60. The van der Waals surface area contributed by atoms with Crippen LogP contribution in [0.15, 0.2) is 60.8 Å². The van der Waals surface area contributed by atoms with Crippen molar-refractivity contribution in [1.82, 2.24) is 9.55 Å². The maximum atomic E-state index is 13.2. The minimum atomic E-state index is -4.54. The monoisotopic (exact) mass is 306 g/mol. The SMILES string of the molecule is Fc1ccc(-c2ncc(C(F)(F)F)n2-c2ccccc2)cc1. The third-order valence-corrected chi connectivity index (χ3v) is 3.17. The summed E-state index contributed by atoms with van der Waals surface area (Å²) in [5, 5.41) is 0. The molecule has 6 heteroatoms. The van der Waals surface area contributed by atoms with E-state index in [0.717, 1.165) is 10.8 Å². The van der Waals surface area contributed by atoms with Gasteiger partial charge < -0.3 is 0 Å². The van der Waals surface area contributed by atoms with E-state index in [4.69, 9.17) is 0 Å². The van der Waals surface area contributed by atoms with E-state index >= 15 is 0 Å². The van der Waals surface area contributed by atoms with Gasteiger partial charge in [-0.15, -0.1) is 0 Å². The summed E-state index contributed by atoms with van der Waals surface area (Å²) in [6.45, 7) is 0. The van der Waals surface area contributed by atoms with Crippen molar-refractivity contribution in [3.63, 3.8) is 0 Å². The molecule has 2 nitrogen and oxygen atoms in total. The molecular formula is C16H10F4N2. The Hall–Kier alpha value is -2.63. The molecular weight excluding hydrogens is 296 g/mol. The fourth-order valence-electron chi connectivity index (χ4n) is 2.19. The van der Waals surface area contributed by atoms with Gasteiger partial charge in [-0.05, 0) is 36.4 Å². The van der Waals surface area contributed by atoms with E-state index in [1.807, 2.05) is 0 Å². The summed E-state index contributed by atoms with van der Waals surface area (Å²) in [4.78, 5) is 3.88. The molecule has 1 heterocycles. The van der Waals surface area contributed by atoms with Crippen LogP contribution in [0, 0.1) is 5.82 Å². The van der Waals surface area contributed by atoms with Crippen molar-refractivity contribution in [3.8, 4) is 17.1 Å². The van der Waals surface area contributed by atoms with E-state index in [2.05, 4.69) is 4.98 Å². The van der Waals surface area contributed by atoms with Gasteiger partial charge in [0.15, 0.2) is 0 Å². The first-order valence-electron chi connectivity index (χ1n) is 6.43. The Morgan fingerprint density at radius 3 is 2.09 bits per heavy atom. The Kier molecular flexibility index (Phi) is 3.44. The lowest BCUT2D eigenvalue weighted by molar-refractivity contribution is -0.142. The molecule has 0 radical (unpaired) electrons. The number of hydrogen-bond donors (Lipinski definition) is 0. The van der Waals surface area contributed by atoms with Gasteiger partial charge >= 0.3 is 6.18 Å². The highest BCUT2D eigenvalue weighted by Gasteiger charge is 2.36. The molecule has 3 rings (SSSR count). The first-order valence-corrected chi connectivity index (χ1v) is 6.43. The summed E-state index contributed by atoms with van der Waals surface area (Å²) >= 11 is 0. The van der Waals surface area contributed by atoms with Crippen LogP contribution in [0.25, 0.3) is 17.1 Å². The fourth-order valence-corrected chi connectivity index (χ4v) is 2.19. The van der Waals surface area contributed by atoms with Gasteiger partial charge in [0.2, 0.25) is 0 Å². The van der Waals surface area contributed by atoms with Crippen LogP contribution in [0.5, 0.6) is 0 Å². The fraction of sp³-hybridized carbons (Fsp3) is 0.0625. The largest absolute Gasteiger partial charge is 0.433 e. The quantitative estimate of drug-likeness (QED) is 0.628. The van der Waals surface area contributed by atoms with Crippen molar-refractivity contribution < 1.29 is 17.6 Å². The summed E-state index contributed by atoms with van der Waals surface area (Å²) < 4.78 is 53.7. The smallest absolute Gasteiger partial charge is 0.289 e. The molecule has 0 aliphatic heterocycles. The van der Waals surface area contributed by atoms with Gasteiger partial charge in [0.1, 0.15) is 17.3 Å². The summed E-state index contributed by atoms with van der Waals surface area (Å²) in [5.74, 6) is -0.351. The average molecular weight is 306 g/mol. The zero-order valence-electron chi connectivity index (χ0n) is 11.2. The predicted molar refractivity (Wildman–Crippen MR) is 74.0 cm³/mol. The zero-order valence-corrected chi connectivity index (χ0v) is 11.2. The predicted octanol–water partition coefficient (Wildman–Crippen LogP) is 4.70. The topological polar surface area (TPSA) is 17.8 Å². The average Bonchev–Trinajstić information content (AvgIpc) is 2.94. The van der Waals surface area contributed by atoms with Gasteiger partial charge in [-0.3, -0.25) is 4.57 Å². The lowest BCUT2D eigenvalue weighted by atomic mass is 10.2. The standard InChI is InChI=1S/C16H10F4N2/c17-12-8-6-11(7-9-12)15-21-10-14(16(18,19)20)22(15)13-4-2-1-3-5-13/h1-10H. The van der Waals surface area contributed by atoms with Gasteiger partial charge in [-0.1, -0.05) is 18.2 Å². The molecule has 0 bridgehead atoms. The molecule has 112 valence electrons. The lowest BCUT2D eigenvalue weighted by Crippen LogP contribution is -2.13. The molecule has 0 aliphatic carbocycles. The molecule has 0 spiro atoms. The zero-order chi connectivity index (χ0) is 15.7. The van der Waals surface area contributed by atoms with Gasteiger partial charge in [0, 0.05) is 11.3 Å². The molecule has 0 saturated carbocycles. The molecule has 0 N–H and O–H groups in total. The molecule has 0 amide bonds. The molecule has 22 heavy (non-hydrogen) atoms. The highest BCUT2D eigenvalue weighted by atomic mass is 19.4. The first-order chi connectivity index (χ1) is 10.5. The van der Waals surface area contributed by atoms with Crippen molar-refractivity contribution in [3.05, 3.63) is 72.3 Å². The second-order valence-electron chi connectivity index (χ2n) is 4.64. The van der Waals surface area contributed by atoms with E-state index in [9.17, 15) is 17.6 Å². The number of nitrogens with zero attached hydrogens (tertiary/aromatic N) is 2. The Bertz CT molecular complexity index is 774. The molecule has 2 aromatic carbocycles. The van der Waals surface area contributed by atoms with E-state index in [1.165, 1.54) is 24.3 Å². The molecule has 0 atom stereocenters. The number of halogens is 4. The van der Waals surface area contributed by atoms with Crippen LogP contribution in [0.2, 0.25) is 0 Å². The summed E-state index contributed by atoms with van der Waals surface area (Å²) in [7, 11) is 0. The van der Waals surface area contributed by atoms with Crippen molar-refractivity contribution in [2.75, 3.05) is 0 Å². The molecule has 0 aliphatic rings. The number of rotatable bonds is 2. The van der Waals surface area contributed by atoms with E-state index < -0.39 is 17.7 Å². The Balaban J connectivity index is 2.24. The van der Waals surface area contributed by atoms with Gasteiger partial charge in [0.25, 0.3) is 0 Å². The van der Waals surface area contributed by atoms with Gasteiger partial charge in [-0.2, -0.15) is 13.2 Å². The van der Waals surface area contributed by atoms with E-state index in [-0.39, 0.29) is 5.82 Å². The number of hydrogen-bond acceptors (Lipinski definition) is 1. The molecule has 0 unspecified atom stereocenters. The Morgan fingerprint density at radius 1 is 0.864 bits per heavy atom. The lowest BCUT2D eigenvalue weighted by Gasteiger charge is -2.14. The van der Waals surface area contributed by atoms with Crippen LogP contribution in [0.4, 0.5) is 17.6 Å². The van der Waals surface area contributed by atoms with Crippen LogP contribution in [0.1, 0.15) is 5.69 Å². The van der Waals surface area contributed by atoms with Crippen LogP contribution in [-0.2, 0) is 6.18 Å². The van der Waals surface area contributed by atoms with Crippen molar-refractivity contribution in [2.24, 2.45) is 0 Å². The maximum Gasteiger partial charge on any atom is 0.433 e. The van der Waals surface area contributed by atoms with Crippen LogP contribution >= 0.6 is 0 Å². The second-order valence-corrected chi connectivity index (χ2v) is 4.64. The van der Waals surface area contributed by atoms with Crippen LogP contribution < -0.4 is 0 Å². The number of aromatic nitrogens is 2. The van der Waals surface area contributed by atoms with Crippen LogP contribution in [-0.4, -0.2) is 9.55 Å². The minimum absolute atomic E-state index is 0.110. The Morgan fingerprint density at radius 2 is 1.50 bits per heavy atom. The third-order valence-electron chi connectivity index (χ3n) is 3.17. The molecule has 0 saturated heterocycles. The maximum absolute atomic E-state index is 13.2. The van der Waals surface area contributed by atoms with E-state index in [0.29, 0.717) is 11.3 Å².